The quantitative estimate of drug-likeness (QED) is 0.768. The van der Waals surface area contributed by atoms with Crippen LogP contribution in [0.5, 0.6) is 0 Å². The molecule has 2 aliphatic rings. The van der Waals surface area contributed by atoms with Gasteiger partial charge in [0.25, 0.3) is 0 Å². The van der Waals surface area contributed by atoms with E-state index >= 15 is 0 Å². The lowest BCUT2D eigenvalue weighted by atomic mass is 9.97. The molecule has 3 amide bonds. The Hall–Kier alpha value is -3.42. The fourth-order valence-corrected chi connectivity index (χ4v) is 4.03. The van der Waals surface area contributed by atoms with Gasteiger partial charge in [0.15, 0.2) is 0 Å². The number of aryl methyl sites for hydroxylation is 1. The standard InChI is InChI=1S/C24H29N5O3/c1-24(2,3)32-23(31)28-9-6-16(7-10-28)18-12-19(14-26-13-18)20-11-17-5-4-8-29(22(25)30)21(17)27-15-20/h6,11-15H,4-5,7-10H2,1-3H3,(H2,25,30). The maximum absolute atomic E-state index is 12.3. The highest BCUT2D eigenvalue weighted by molar-refractivity contribution is 5.91. The van der Waals surface area contributed by atoms with Crippen LogP contribution in [-0.2, 0) is 11.2 Å². The fraction of sp³-hybridized carbons (Fsp3) is 0.417. The van der Waals surface area contributed by atoms with E-state index in [0.717, 1.165) is 47.1 Å². The number of hydrogen-bond donors (Lipinski definition) is 1. The first-order valence-electron chi connectivity index (χ1n) is 10.9. The highest BCUT2D eigenvalue weighted by Crippen LogP contribution is 2.31. The van der Waals surface area contributed by atoms with Gasteiger partial charge in [-0.2, -0.15) is 0 Å². The summed E-state index contributed by atoms with van der Waals surface area (Å²) in [6.45, 7) is 7.32. The van der Waals surface area contributed by atoms with E-state index in [4.69, 9.17) is 10.5 Å². The second kappa shape index (κ2) is 8.61. The Kier molecular flexibility index (Phi) is 5.86. The summed E-state index contributed by atoms with van der Waals surface area (Å²) < 4.78 is 5.47. The Bertz CT molecular complexity index is 1070. The van der Waals surface area contributed by atoms with Gasteiger partial charge >= 0.3 is 12.1 Å². The second-order valence-electron chi connectivity index (χ2n) is 9.17. The lowest BCUT2D eigenvalue weighted by Gasteiger charge is -2.29. The molecule has 0 radical (unpaired) electrons. The van der Waals surface area contributed by atoms with Crippen LogP contribution in [0.25, 0.3) is 16.7 Å². The summed E-state index contributed by atoms with van der Waals surface area (Å²) in [5, 5.41) is 0. The van der Waals surface area contributed by atoms with Crippen LogP contribution in [0.15, 0.2) is 36.8 Å². The van der Waals surface area contributed by atoms with Gasteiger partial charge in [-0.1, -0.05) is 6.08 Å². The number of carbonyl (C=O) groups is 2. The van der Waals surface area contributed by atoms with E-state index in [-0.39, 0.29) is 6.09 Å². The van der Waals surface area contributed by atoms with Crippen molar-refractivity contribution >= 4 is 23.5 Å². The molecule has 2 aliphatic heterocycles. The SMILES string of the molecule is CC(C)(C)OC(=O)N1CC=C(c2cncc(-c3cnc4c(c3)CCCN4C(N)=O)c2)CC1. The predicted octanol–water partition coefficient (Wildman–Crippen LogP) is 4.00. The Balaban J connectivity index is 1.53. The molecule has 4 rings (SSSR count). The van der Waals surface area contributed by atoms with Crippen molar-refractivity contribution in [2.45, 2.75) is 45.6 Å². The van der Waals surface area contributed by atoms with Crippen molar-refractivity contribution < 1.29 is 14.3 Å². The average molecular weight is 436 g/mol. The molecule has 0 bridgehead atoms. The number of primary amides is 1. The molecular weight excluding hydrogens is 406 g/mol. The van der Waals surface area contributed by atoms with E-state index in [1.54, 1.807) is 11.1 Å². The van der Waals surface area contributed by atoms with Crippen molar-refractivity contribution in [3.05, 3.63) is 47.9 Å². The van der Waals surface area contributed by atoms with Crippen molar-refractivity contribution in [2.24, 2.45) is 5.73 Å². The van der Waals surface area contributed by atoms with Gasteiger partial charge in [-0.05, 0) is 68.9 Å². The van der Waals surface area contributed by atoms with E-state index in [2.05, 4.69) is 28.2 Å². The minimum atomic E-state index is -0.503. The molecule has 8 heteroatoms. The summed E-state index contributed by atoms with van der Waals surface area (Å²) in [5.41, 5.74) is 10.1. The number of rotatable bonds is 2. The van der Waals surface area contributed by atoms with E-state index in [0.29, 0.717) is 25.5 Å². The number of pyridine rings is 2. The zero-order valence-corrected chi connectivity index (χ0v) is 18.8. The molecule has 168 valence electrons. The monoisotopic (exact) mass is 435 g/mol. The number of fused-ring (bicyclic) bond motifs is 1. The predicted molar refractivity (Wildman–Crippen MR) is 123 cm³/mol. The highest BCUT2D eigenvalue weighted by Gasteiger charge is 2.25. The molecular formula is C24H29N5O3. The number of amides is 3. The Labute approximate surface area is 188 Å². The topological polar surface area (TPSA) is 102 Å². The number of anilines is 1. The number of aromatic nitrogens is 2. The lowest BCUT2D eigenvalue weighted by Crippen LogP contribution is -2.40. The van der Waals surface area contributed by atoms with Gasteiger partial charge in [0.05, 0.1) is 0 Å². The third kappa shape index (κ3) is 4.74. The first-order valence-corrected chi connectivity index (χ1v) is 10.9. The maximum Gasteiger partial charge on any atom is 0.410 e. The summed E-state index contributed by atoms with van der Waals surface area (Å²) in [4.78, 5) is 36.2. The van der Waals surface area contributed by atoms with Crippen LogP contribution >= 0.6 is 0 Å². The average Bonchev–Trinajstić information content (AvgIpc) is 2.77. The van der Waals surface area contributed by atoms with Gasteiger partial charge in [-0.15, -0.1) is 0 Å². The smallest absolute Gasteiger partial charge is 0.410 e. The number of carbonyl (C=O) groups excluding carboxylic acids is 2. The molecule has 0 saturated carbocycles. The van der Waals surface area contributed by atoms with Crippen LogP contribution in [0.4, 0.5) is 15.4 Å². The summed E-state index contributed by atoms with van der Waals surface area (Å²) in [5.74, 6) is 0.647. The molecule has 32 heavy (non-hydrogen) atoms. The van der Waals surface area contributed by atoms with Gasteiger partial charge in [-0.25, -0.2) is 14.6 Å². The normalized spacial score (nSPS) is 16.3. The molecule has 0 fully saturated rings. The van der Waals surface area contributed by atoms with Crippen LogP contribution in [0.2, 0.25) is 0 Å². The van der Waals surface area contributed by atoms with Crippen molar-refractivity contribution in [2.75, 3.05) is 24.5 Å². The minimum absolute atomic E-state index is 0.287. The first kappa shape index (κ1) is 21.8. The lowest BCUT2D eigenvalue weighted by molar-refractivity contribution is 0.0270. The Morgan fingerprint density at radius 2 is 1.78 bits per heavy atom. The molecule has 4 heterocycles. The molecule has 0 aromatic carbocycles. The van der Waals surface area contributed by atoms with Gasteiger partial charge in [0.2, 0.25) is 0 Å². The molecule has 0 atom stereocenters. The van der Waals surface area contributed by atoms with Crippen LogP contribution < -0.4 is 10.6 Å². The first-order chi connectivity index (χ1) is 15.2. The van der Waals surface area contributed by atoms with Gasteiger partial charge in [-0.3, -0.25) is 9.88 Å². The van der Waals surface area contributed by atoms with Gasteiger partial charge in [0.1, 0.15) is 11.4 Å². The van der Waals surface area contributed by atoms with Crippen molar-refractivity contribution in [3.63, 3.8) is 0 Å². The fourth-order valence-electron chi connectivity index (χ4n) is 4.03. The number of nitrogens with zero attached hydrogens (tertiary/aromatic N) is 4. The Morgan fingerprint density at radius 3 is 2.47 bits per heavy atom. The number of ether oxygens (including phenoxy) is 1. The molecule has 8 nitrogen and oxygen atoms in total. The molecule has 2 aromatic rings. The summed E-state index contributed by atoms with van der Waals surface area (Å²) in [7, 11) is 0. The Morgan fingerprint density at radius 1 is 1.03 bits per heavy atom. The number of hydrogen-bond acceptors (Lipinski definition) is 5. The zero-order valence-electron chi connectivity index (χ0n) is 18.8. The van der Waals surface area contributed by atoms with Crippen LogP contribution in [0.1, 0.15) is 44.7 Å². The third-order valence-electron chi connectivity index (χ3n) is 5.60. The molecule has 0 saturated heterocycles. The number of nitrogens with two attached hydrogens (primary N) is 1. The van der Waals surface area contributed by atoms with Crippen LogP contribution in [0.3, 0.4) is 0 Å². The maximum atomic E-state index is 12.3. The van der Waals surface area contributed by atoms with Crippen LogP contribution in [0, 0.1) is 0 Å². The minimum Gasteiger partial charge on any atom is -0.444 e. The summed E-state index contributed by atoms with van der Waals surface area (Å²) >= 11 is 0. The molecule has 0 aliphatic carbocycles. The van der Waals surface area contributed by atoms with E-state index in [1.807, 2.05) is 33.2 Å². The van der Waals surface area contributed by atoms with E-state index in [9.17, 15) is 9.59 Å². The third-order valence-corrected chi connectivity index (χ3v) is 5.60. The van der Waals surface area contributed by atoms with Gasteiger partial charge < -0.3 is 15.4 Å². The second-order valence-corrected chi connectivity index (χ2v) is 9.17. The van der Waals surface area contributed by atoms with Crippen LogP contribution in [-0.4, -0.2) is 52.2 Å². The molecule has 2 N–H and O–H groups in total. The molecule has 0 spiro atoms. The summed E-state index contributed by atoms with van der Waals surface area (Å²) in [6, 6.07) is 3.69. The largest absolute Gasteiger partial charge is 0.444 e. The van der Waals surface area contributed by atoms with Gasteiger partial charge in [0, 0.05) is 49.4 Å². The van der Waals surface area contributed by atoms with E-state index in [1.165, 1.54) is 4.90 Å². The summed E-state index contributed by atoms with van der Waals surface area (Å²) in [6.07, 6.45) is 9.66. The van der Waals surface area contributed by atoms with Crippen molar-refractivity contribution in [1.82, 2.24) is 14.9 Å². The van der Waals surface area contributed by atoms with E-state index < -0.39 is 11.6 Å². The zero-order chi connectivity index (χ0) is 22.9. The van der Waals surface area contributed by atoms with Crippen molar-refractivity contribution in [1.29, 1.82) is 0 Å². The molecule has 2 aromatic heterocycles. The number of urea groups is 1. The van der Waals surface area contributed by atoms with Crippen molar-refractivity contribution in [3.8, 4) is 11.1 Å². The highest BCUT2D eigenvalue weighted by atomic mass is 16.6. The molecule has 0 unspecified atom stereocenters.